The number of rotatable bonds is 4. The Morgan fingerprint density at radius 2 is 2.12 bits per heavy atom. The standard InChI is InChI=1S/C10H15N2O3P/c1-16(2,15)8-4-3-6-12-7-5-9(13)11-10(12)14/h3,5-7H,4,8H2,1-2H3,(H,11,13,14)/b6-3-. The third-order valence-electron chi connectivity index (χ3n) is 1.95. The average Bonchev–Trinajstić information content (AvgIpc) is 2.13. The van der Waals surface area contributed by atoms with E-state index in [0.717, 1.165) is 0 Å². The van der Waals surface area contributed by atoms with Crippen LogP contribution in [0.4, 0.5) is 0 Å². The molecular formula is C10H15N2O3P. The Morgan fingerprint density at radius 1 is 1.44 bits per heavy atom. The summed E-state index contributed by atoms with van der Waals surface area (Å²) in [5.41, 5.74) is -0.888. The molecule has 0 aromatic carbocycles. The molecule has 0 aliphatic rings. The van der Waals surface area contributed by atoms with E-state index in [-0.39, 0.29) is 0 Å². The number of hydrogen-bond acceptors (Lipinski definition) is 3. The molecule has 1 aromatic heterocycles. The van der Waals surface area contributed by atoms with E-state index in [1.165, 1.54) is 16.8 Å². The fourth-order valence-corrected chi connectivity index (χ4v) is 1.89. The van der Waals surface area contributed by atoms with Crippen molar-refractivity contribution in [3.05, 3.63) is 39.2 Å². The maximum absolute atomic E-state index is 11.4. The molecule has 0 spiro atoms. The van der Waals surface area contributed by atoms with Crippen molar-refractivity contribution < 1.29 is 4.57 Å². The second-order valence-corrected chi connectivity index (χ2v) is 7.58. The maximum atomic E-state index is 11.4. The lowest BCUT2D eigenvalue weighted by Crippen LogP contribution is -2.25. The first kappa shape index (κ1) is 12.7. The molecule has 0 aliphatic carbocycles. The van der Waals surface area contributed by atoms with Crippen LogP contribution in [0, 0.1) is 0 Å². The molecule has 0 saturated heterocycles. The number of nitrogens with one attached hydrogen (secondary N) is 1. The molecule has 0 radical (unpaired) electrons. The molecule has 0 fully saturated rings. The first-order chi connectivity index (χ1) is 7.38. The van der Waals surface area contributed by atoms with Crippen LogP contribution < -0.4 is 11.2 Å². The van der Waals surface area contributed by atoms with Crippen LogP contribution in [0.15, 0.2) is 27.9 Å². The highest BCUT2D eigenvalue weighted by Crippen LogP contribution is 2.36. The molecule has 0 amide bonds. The van der Waals surface area contributed by atoms with Crippen LogP contribution in [-0.4, -0.2) is 29.0 Å². The van der Waals surface area contributed by atoms with E-state index in [2.05, 4.69) is 4.98 Å². The second-order valence-electron chi connectivity index (χ2n) is 3.99. The van der Waals surface area contributed by atoms with Crippen LogP contribution in [0.5, 0.6) is 0 Å². The van der Waals surface area contributed by atoms with Gasteiger partial charge in [-0.3, -0.25) is 14.3 Å². The summed E-state index contributed by atoms with van der Waals surface area (Å²) in [6.07, 6.45) is 5.99. The smallest absolute Gasteiger partial charge is 0.324 e. The summed E-state index contributed by atoms with van der Waals surface area (Å²) in [4.78, 5) is 24.1. The molecule has 5 nitrogen and oxygen atoms in total. The lowest BCUT2D eigenvalue weighted by Gasteiger charge is -2.02. The molecule has 16 heavy (non-hydrogen) atoms. The summed E-state index contributed by atoms with van der Waals surface area (Å²) >= 11 is 0. The van der Waals surface area contributed by atoms with Crippen molar-refractivity contribution in [2.75, 3.05) is 19.5 Å². The van der Waals surface area contributed by atoms with Crippen LogP contribution in [0.25, 0.3) is 6.20 Å². The number of H-pyrrole nitrogens is 1. The topological polar surface area (TPSA) is 71.9 Å². The van der Waals surface area contributed by atoms with Gasteiger partial charge < -0.3 is 4.57 Å². The van der Waals surface area contributed by atoms with Gasteiger partial charge in [-0.05, 0) is 19.8 Å². The van der Waals surface area contributed by atoms with Gasteiger partial charge in [0.25, 0.3) is 5.56 Å². The van der Waals surface area contributed by atoms with Gasteiger partial charge in [-0.25, -0.2) is 4.79 Å². The number of allylic oxidation sites excluding steroid dienone is 1. The molecule has 0 aliphatic heterocycles. The van der Waals surface area contributed by atoms with Gasteiger partial charge in [-0.15, -0.1) is 0 Å². The molecule has 1 rings (SSSR count). The molecule has 1 heterocycles. The summed E-state index contributed by atoms with van der Waals surface area (Å²) < 4.78 is 12.7. The minimum atomic E-state index is -2.00. The van der Waals surface area contributed by atoms with Gasteiger partial charge in [0.15, 0.2) is 0 Å². The highest BCUT2D eigenvalue weighted by molar-refractivity contribution is 7.62. The average molecular weight is 242 g/mol. The van der Waals surface area contributed by atoms with Crippen molar-refractivity contribution in [1.82, 2.24) is 9.55 Å². The zero-order chi connectivity index (χ0) is 12.2. The summed E-state index contributed by atoms with van der Waals surface area (Å²) in [5.74, 6) is 0. The zero-order valence-electron chi connectivity index (χ0n) is 9.34. The van der Waals surface area contributed by atoms with Gasteiger partial charge in [0.2, 0.25) is 0 Å². The van der Waals surface area contributed by atoms with Crippen molar-refractivity contribution in [3.63, 3.8) is 0 Å². The van der Waals surface area contributed by atoms with Crippen LogP contribution in [0.1, 0.15) is 6.42 Å². The van der Waals surface area contributed by atoms with E-state index in [1.807, 2.05) is 0 Å². The van der Waals surface area contributed by atoms with E-state index in [9.17, 15) is 14.2 Å². The molecule has 0 atom stereocenters. The fourth-order valence-electron chi connectivity index (χ4n) is 1.12. The SMILES string of the molecule is CP(C)(=O)CC/C=C\n1ccc(=O)[nH]c1=O. The van der Waals surface area contributed by atoms with E-state index >= 15 is 0 Å². The Hall–Kier alpha value is -1.35. The monoisotopic (exact) mass is 242 g/mol. The number of aromatic nitrogens is 2. The quantitative estimate of drug-likeness (QED) is 0.801. The van der Waals surface area contributed by atoms with Gasteiger partial charge in [0, 0.05) is 24.6 Å². The largest absolute Gasteiger partial charge is 0.332 e. The predicted molar refractivity (Wildman–Crippen MR) is 65.6 cm³/mol. The Morgan fingerprint density at radius 3 is 2.69 bits per heavy atom. The lowest BCUT2D eigenvalue weighted by atomic mass is 10.4. The number of aromatic amines is 1. The van der Waals surface area contributed by atoms with Gasteiger partial charge in [-0.1, -0.05) is 6.08 Å². The van der Waals surface area contributed by atoms with E-state index in [1.54, 1.807) is 25.6 Å². The highest BCUT2D eigenvalue weighted by Gasteiger charge is 2.03. The minimum absolute atomic E-state index is 0.415. The zero-order valence-corrected chi connectivity index (χ0v) is 10.2. The van der Waals surface area contributed by atoms with Crippen molar-refractivity contribution in [2.24, 2.45) is 0 Å². The van der Waals surface area contributed by atoms with Crippen molar-refractivity contribution >= 4 is 13.3 Å². The molecule has 6 heteroatoms. The van der Waals surface area contributed by atoms with Gasteiger partial charge in [-0.2, -0.15) is 0 Å². The Balaban J connectivity index is 2.67. The third kappa shape index (κ3) is 4.45. The molecule has 1 N–H and O–H groups in total. The number of nitrogens with zero attached hydrogens (tertiary/aromatic N) is 1. The second kappa shape index (κ2) is 5.12. The summed E-state index contributed by atoms with van der Waals surface area (Å²) in [6, 6.07) is 1.27. The molecule has 1 aromatic rings. The molecule has 0 unspecified atom stereocenters. The highest BCUT2D eigenvalue weighted by atomic mass is 31.2. The first-order valence-corrected chi connectivity index (χ1v) is 7.69. The van der Waals surface area contributed by atoms with Gasteiger partial charge in [0.05, 0.1) is 7.14 Å². The number of hydrogen-bond donors (Lipinski definition) is 1. The van der Waals surface area contributed by atoms with Gasteiger partial charge in [0.1, 0.15) is 0 Å². The van der Waals surface area contributed by atoms with Crippen LogP contribution in [0.3, 0.4) is 0 Å². The third-order valence-corrected chi connectivity index (χ3v) is 3.29. The minimum Gasteiger partial charge on any atom is -0.324 e. The van der Waals surface area contributed by atoms with Crippen molar-refractivity contribution in [3.8, 4) is 0 Å². The predicted octanol–water partition coefficient (Wildman–Crippen LogP) is 1.02. The molecule has 88 valence electrons. The molecule has 0 bridgehead atoms. The molecular weight excluding hydrogens is 227 g/mol. The van der Waals surface area contributed by atoms with Crippen molar-refractivity contribution in [1.29, 1.82) is 0 Å². The fraction of sp³-hybridized carbons (Fsp3) is 0.400. The Bertz CT molecular complexity index is 535. The summed E-state index contributed by atoms with van der Waals surface area (Å²) in [6.45, 7) is 3.46. The van der Waals surface area contributed by atoms with Crippen LogP contribution >= 0.6 is 7.14 Å². The lowest BCUT2D eigenvalue weighted by molar-refractivity contribution is 0.582. The first-order valence-electron chi connectivity index (χ1n) is 4.91. The normalized spacial score (nSPS) is 12.1. The maximum Gasteiger partial charge on any atom is 0.332 e. The van der Waals surface area contributed by atoms with Crippen molar-refractivity contribution in [2.45, 2.75) is 6.42 Å². The van der Waals surface area contributed by atoms with Crippen LogP contribution in [-0.2, 0) is 4.57 Å². The van der Waals surface area contributed by atoms with E-state index in [4.69, 9.17) is 0 Å². The van der Waals surface area contributed by atoms with E-state index < -0.39 is 18.4 Å². The Labute approximate surface area is 93.2 Å². The molecule has 0 saturated carbocycles. The van der Waals surface area contributed by atoms with Gasteiger partial charge >= 0.3 is 5.69 Å². The van der Waals surface area contributed by atoms with Crippen LogP contribution in [0.2, 0.25) is 0 Å². The van der Waals surface area contributed by atoms with E-state index in [0.29, 0.717) is 12.6 Å². The summed E-state index contributed by atoms with van der Waals surface area (Å²) in [7, 11) is -2.00. The Kier molecular flexibility index (Phi) is 4.07. The summed E-state index contributed by atoms with van der Waals surface area (Å²) in [5, 5.41) is 0.